The number of hydrogen-bond donors (Lipinski definition) is 1. The van der Waals surface area contributed by atoms with Gasteiger partial charge in [-0.1, -0.05) is 5.16 Å². The van der Waals surface area contributed by atoms with Crippen LogP contribution in [0.3, 0.4) is 0 Å². The lowest BCUT2D eigenvalue weighted by atomic mass is 9.95. The topological polar surface area (TPSA) is 68.2 Å². The highest BCUT2D eigenvalue weighted by molar-refractivity contribution is 5.27. The van der Waals surface area contributed by atoms with Gasteiger partial charge in [0.05, 0.1) is 6.54 Å². The lowest BCUT2D eigenvalue weighted by Gasteiger charge is -2.32. The van der Waals surface area contributed by atoms with Crippen molar-refractivity contribution in [3.63, 3.8) is 0 Å². The van der Waals surface area contributed by atoms with E-state index < -0.39 is 17.9 Å². The van der Waals surface area contributed by atoms with Gasteiger partial charge in [0, 0.05) is 19.4 Å². The fraction of sp³-hybridized carbons (Fsp3) is 0.800. The van der Waals surface area contributed by atoms with Crippen molar-refractivity contribution in [2.45, 2.75) is 25.4 Å². The summed E-state index contributed by atoms with van der Waals surface area (Å²) in [4.78, 5) is 5.06. The fourth-order valence-electron chi connectivity index (χ4n) is 1.91. The summed E-state index contributed by atoms with van der Waals surface area (Å²) >= 11 is 0. The zero-order chi connectivity index (χ0) is 13.3. The minimum Gasteiger partial charge on any atom is -0.330 e. The molecule has 1 fully saturated rings. The molecule has 1 aliphatic heterocycles. The zero-order valence-electron chi connectivity index (χ0n) is 9.94. The number of alkyl halides is 3. The Labute approximate surface area is 102 Å². The van der Waals surface area contributed by atoms with E-state index in [0.29, 0.717) is 19.9 Å². The van der Waals surface area contributed by atoms with Gasteiger partial charge in [-0.25, -0.2) is 4.39 Å². The lowest BCUT2D eigenvalue weighted by Crippen LogP contribution is -2.44. The third-order valence-corrected chi connectivity index (χ3v) is 3.06. The molecule has 2 heterocycles. The molecule has 0 unspecified atom stereocenters. The van der Waals surface area contributed by atoms with Gasteiger partial charge in [0.1, 0.15) is 6.17 Å². The molecule has 0 aliphatic carbocycles. The van der Waals surface area contributed by atoms with Crippen molar-refractivity contribution in [2.24, 2.45) is 11.7 Å². The Morgan fingerprint density at radius 2 is 2.28 bits per heavy atom. The Morgan fingerprint density at radius 3 is 2.78 bits per heavy atom. The van der Waals surface area contributed by atoms with Crippen LogP contribution < -0.4 is 10.6 Å². The van der Waals surface area contributed by atoms with Crippen LogP contribution >= 0.6 is 0 Å². The van der Waals surface area contributed by atoms with Gasteiger partial charge >= 0.3 is 11.9 Å². The molecule has 2 N–H and O–H groups in total. The molecule has 0 bridgehead atoms. The summed E-state index contributed by atoms with van der Waals surface area (Å²) in [5.74, 6) is -4.04. The SMILES string of the molecule is CC(F)(F)c1noc(N2CC[C@H](CN)[C@@H](F)C2)n1. The Balaban J connectivity index is 2.07. The maximum atomic E-state index is 13.7. The van der Waals surface area contributed by atoms with E-state index in [1.165, 1.54) is 4.90 Å². The molecular weight excluding hydrogens is 249 g/mol. The van der Waals surface area contributed by atoms with Crippen LogP contribution in [-0.2, 0) is 5.92 Å². The Bertz CT molecular complexity index is 406. The summed E-state index contributed by atoms with van der Waals surface area (Å²) in [6, 6.07) is -0.0651. The number of anilines is 1. The summed E-state index contributed by atoms with van der Waals surface area (Å²) in [5.41, 5.74) is 5.43. The van der Waals surface area contributed by atoms with E-state index in [1.807, 2.05) is 0 Å². The van der Waals surface area contributed by atoms with Crippen molar-refractivity contribution >= 4 is 6.01 Å². The van der Waals surface area contributed by atoms with Crippen LogP contribution in [0.2, 0.25) is 0 Å². The molecule has 0 radical (unpaired) electrons. The Morgan fingerprint density at radius 1 is 1.56 bits per heavy atom. The highest BCUT2D eigenvalue weighted by Gasteiger charge is 2.34. The predicted octanol–water partition coefficient (Wildman–Crippen LogP) is 1.30. The van der Waals surface area contributed by atoms with E-state index in [4.69, 9.17) is 10.3 Å². The van der Waals surface area contributed by atoms with Gasteiger partial charge in [-0.3, -0.25) is 0 Å². The van der Waals surface area contributed by atoms with Crippen LogP contribution in [0.25, 0.3) is 0 Å². The normalized spacial score (nSPS) is 25.5. The van der Waals surface area contributed by atoms with Gasteiger partial charge < -0.3 is 15.2 Å². The maximum absolute atomic E-state index is 13.7. The van der Waals surface area contributed by atoms with Crippen molar-refractivity contribution in [3.8, 4) is 0 Å². The van der Waals surface area contributed by atoms with Gasteiger partial charge in [-0.15, -0.1) is 0 Å². The zero-order valence-corrected chi connectivity index (χ0v) is 9.94. The van der Waals surface area contributed by atoms with Crippen LogP contribution in [0.1, 0.15) is 19.2 Å². The third kappa shape index (κ3) is 2.58. The van der Waals surface area contributed by atoms with Crippen LogP contribution in [0, 0.1) is 5.92 Å². The monoisotopic (exact) mass is 264 g/mol. The number of nitrogens with two attached hydrogens (primary N) is 1. The van der Waals surface area contributed by atoms with Crippen molar-refractivity contribution in [1.82, 2.24) is 10.1 Å². The second-order valence-electron chi connectivity index (χ2n) is 4.54. The minimum atomic E-state index is -3.16. The molecule has 1 aromatic heterocycles. The second-order valence-corrected chi connectivity index (χ2v) is 4.54. The molecule has 18 heavy (non-hydrogen) atoms. The van der Waals surface area contributed by atoms with Crippen LogP contribution in [0.5, 0.6) is 0 Å². The molecule has 1 aliphatic rings. The van der Waals surface area contributed by atoms with E-state index >= 15 is 0 Å². The summed E-state index contributed by atoms with van der Waals surface area (Å²) in [5, 5.41) is 3.20. The predicted molar refractivity (Wildman–Crippen MR) is 58.1 cm³/mol. The first kappa shape index (κ1) is 13.1. The van der Waals surface area contributed by atoms with Gasteiger partial charge in [-0.2, -0.15) is 13.8 Å². The first-order valence-electron chi connectivity index (χ1n) is 5.73. The van der Waals surface area contributed by atoms with Crippen molar-refractivity contribution in [3.05, 3.63) is 5.82 Å². The molecular formula is C10H15F3N4O. The summed E-state index contributed by atoms with van der Waals surface area (Å²) in [6.07, 6.45) is -0.570. The number of halogens is 3. The molecule has 0 spiro atoms. The number of hydrogen-bond acceptors (Lipinski definition) is 5. The van der Waals surface area contributed by atoms with E-state index in [1.54, 1.807) is 0 Å². The molecule has 0 amide bonds. The Hall–Kier alpha value is -1.31. The second kappa shape index (κ2) is 4.75. The average molecular weight is 264 g/mol. The number of rotatable bonds is 3. The largest absolute Gasteiger partial charge is 0.330 e. The number of piperidine rings is 1. The number of nitrogens with zero attached hydrogens (tertiary/aromatic N) is 3. The highest BCUT2D eigenvalue weighted by atomic mass is 19.3. The number of aromatic nitrogens is 2. The first-order chi connectivity index (χ1) is 8.41. The van der Waals surface area contributed by atoms with Gasteiger partial charge in [-0.05, 0) is 13.0 Å². The molecule has 1 aromatic rings. The standard InChI is InChI=1S/C10H15F3N4O/c1-10(12,13)8-15-9(18-16-8)17-3-2-6(4-14)7(11)5-17/h6-7H,2-5,14H2,1H3/t6-,7+/m1/s1. The van der Waals surface area contributed by atoms with E-state index in [2.05, 4.69) is 10.1 Å². The maximum Gasteiger partial charge on any atom is 0.324 e. The van der Waals surface area contributed by atoms with Gasteiger partial charge in [0.25, 0.3) is 0 Å². The molecule has 0 aromatic carbocycles. The van der Waals surface area contributed by atoms with Crippen molar-refractivity contribution in [2.75, 3.05) is 24.5 Å². The summed E-state index contributed by atoms with van der Waals surface area (Å²) < 4.78 is 44.3. The smallest absolute Gasteiger partial charge is 0.324 e. The fourth-order valence-corrected chi connectivity index (χ4v) is 1.91. The van der Waals surface area contributed by atoms with Crippen molar-refractivity contribution < 1.29 is 17.7 Å². The molecule has 102 valence electrons. The minimum absolute atomic E-state index is 0.0405. The molecule has 2 rings (SSSR count). The van der Waals surface area contributed by atoms with E-state index in [9.17, 15) is 13.2 Å². The van der Waals surface area contributed by atoms with Crippen LogP contribution in [-0.4, -0.2) is 35.9 Å². The Kier molecular flexibility index (Phi) is 3.47. The quantitative estimate of drug-likeness (QED) is 0.891. The van der Waals surface area contributed by atoms with Crippen LogP contribution in [0.15, 0.2) is 4.52 Å². The molecule has 8 heteroatoms. The van der Waals surface area contributed by atoms with Gasteiger partial charge in [0.2, 0.25) is 5.82 Å². The third-order valence-electron chi connectivity index (χ3n) is 3.06. The van der Waals surface area contributed by atoms with E-state index in [-0.39, 0.29) is 25.0 Å². The molecule has 5 nitrogen and oxygen atoms in total. The summed E-state index contributed by atoms with van der Waals surface area (Å²) in [6.45, 7) is 1.47. The van der Waals surface area contributed by atoms with Gasteiger partial charge in [0.15, 0.2) is 0 Å². The average Bonchev–Trinajstić information content (AvgIpc) is 2.77. The highest BCUT2D eigenvalue weighted by Crippen LogP contribution is 2.28. The molecule has 0 saturated carbocycles. The lowest BCUT2D eigenvalue weighted by molar-refractivity contribution is 0.00559. The summed E-state index contributed by atoms with van der Waals surface area (Å²) in [7, 11) is 0. The van der Waals surface area contributed by atoms with E-state index in [0.717, 1.165) is 0 Å². The first-order valence-corrected chi connectivity index (χ1v) is 5.73. The molecule has 2 atom stereocenters. The molecule has 1 saturated heterocycles. The van der Waals surface area contributed by atoms with Crippen molar-refractivity contribution in [1.29, 1.82) is 0 Å². The van der Waals surface area contributed by atoms with Crippen LogP contribution in [0.4, 0.5) is 19.2 Å².